The third-order valence-corrected chi connectivity index (χ3v) is 5.00. The first-order valence-corrected chi connectivity index (χ1v) is 10.2. The normalized spacial score (nSPS) is 15.4. The van der Waals surface area contributed by atoms with E-state index in [9.17, 15) is 9.59 Å². The molecule has 8 heteroatoms. The molecule has 1 aliphatic heterocycles. The third kappa shape index (κ3) is 6.01. The summed E-state index contributed by atoms with van der Waals surface area (Å²) < 4.78 is 6.49. The molecule has 2 aromatic rings. The highest BCUT2D eigenvalue weighted by molar-refractivity contribution is 6.00. The Bertz CT molecular complexity index is 870. The minimum absolute atomic E-state index is 0.165. The zero-order valence-corrected chi connectivity index (χ0v) is 17.6. The molecule has 1 saturated heterocycles. The van der Waals surface area contributed by atoms with Gasteiger partial charge in [0.1, 0.15) is 11.4 Å². The van der Waals surface area contributed by atoms with Crippen molar-refractivity contribution in [3.05, 3.63) is 53.7 Å². The maximum Gasteiger partial charge on any atom is 0.343 e. The highest BCUT2D eigenvalue weighted by Crippen LogP contribution is 2.15. The van der Waals surface area contributed by atoms with Crippen molar-refractivity contribution < 1.29 is 14.3 Å². The minimum Gasteiger partial charge on any atom is -0.462 e. The molecule has 0 atom stereocenters. The van der Waals surface area contributed by atoms with Crippen LogP contribution in [-0.2, 0) is 16.6 Å². The van der Waals surface area contributed by atoms with Crippen LogP contribution >= 0.6 is 0 Å². The van der Waals surface area contributed by atoms with E-state index in [1.54, 1.807) is 14.0 Å². The number of ether oxygens (including phenoxy) is 1. The van der Waals surface area contributed by atoms with E-state index in [-0.39, 0.29) is 24.6 Å². The van der Waals surface area contributed by atoms with Crippen LogP contribution in [0.25, 0.3) is 6.08 Å². The lowest BCUT2D eigenvalue weighted by Crippen LogP contribution is -2.48. The lowest BCUT2D eigenvalue weighted by molar-refractivity contribution is -0.117. The SMILES string of the molecule is CCOC(=O)c1cnn(C)c1NC(=O)CN1CCN(C/C=C/c2ccccc2)CC1. The summed E-state index contributed by atoms with van der Waals surface area (Å²) in [5.74, 6) is -0.289. The molecule has 0 saturated carbocycles. The Morgan fingerprint density at radius 1 is 1.13 bits per heavy atom. The molecule has 3 rings (SSSR count). The number of aryl methyl sites for hydroxylation is 1. The van der Waals surface area contributed by atoms with Crippen LogP contribution in [0.1, 0.15) is 22.8 Å². The van der Waals surface area contributed by atoms with Crippen LogP contribution in [0, 0.1) is 0 Å². The zero-order chi connectivity index (χ0) is 21.3. The van der Waals surface area contributed by atoms with Crippen molar-refractivity contribution in [3.8, 4) is 0 Å². The molecule has 0 radical (unpaired) electrons. The quantitative estimate of drug-likeness (QED) is 0.668. The molecular weight excluding hydrogens is 382 g/mol. The summed E-state index contributed by atoms with van der Waals surface area (Å²) in [5.41, 5.74) is 1.47. The van der Waals surface area contributed by atoms with Gasteiger partial charge in [0.05, 0.1) is 19.3 Å². The number of rotatable bonds is 8. The van der Waals surface area contributed by atoms with Gasteiger partial charge in [-0.05, 0) is 12.5 Å². The van der Waals surface area contributed by atoms with E-state index in [4.69, 9.17) is 4.74 Å². The molecule has 1 aromatic carbocycles. The minimum atomic E-state index is -0.488. The number of carbonyl (C=O) groups is 2. The number of carbonyl (C=O) groups excluding carboxylic acids is 2. The lowest BCUT2D eigenvalue weighted by atomic mass is 10.2. The average Bonchev–Trinajstić information content (AvgIpc) is 3.10. The van der Waals surface area contributed by atoms with Gasteiger partial charge in [0.2, 0.25) is 5.91 Å². The summed E-state index contributed by atoms with van der Waals surface area (Å²) >= 11 is 0. The van der Waals surface area contributed by atoms with E-state index < -0.39 is 5.97 Å². The summed E-state index contributed by atoms with van der Waals surface area (Å²) in [6.07, 6.45) is 5.72. The van der Waals surface area contributed by atoms with Crippen molar-refractivity contribution in [3.63, 3.8) is 0 Å². The maximum absolute atomic E-state index is 12.5. The topological polar surface area (TPSA) is 79.7 Å². The molecule has 1 fully saturated rings. The molecular formula is C22H29N5O3. The van der Waals surface area contributed by atoms with E-state index in [0.717, 1.165) is 32.7 Å². The van der Waals surface area contributed by atoms with Gasteiger partial charge in [-0.25, -0.2) is 4.79 Å². The Balaban J connectivity index is 1.44. The molecule has 0 bridgehead atoms. The van der Waals surface area contributed by atoms with Crippen molar-refractivity contribution in [1.82, 2.24) is 19.6 Å². The van der Waals surface area contributed by atoms with E-state index in [0.29, 0.717) is 5.82 Å². The summed E-state index contributed by atoms with van der Waals surface area (Å²) in [7, 11) is 1.68. The second kappa shape index (κ2) is 10.7. The summed E-state index contributed by atoms with van der Waals surface area (Å²) in [6.45, 7) is 6.65. The molecule has 2 heterocycles. The number of hydrogen-bond donors (Lipinski definition) is 1. The van der Waals surface area contributed by atoms with Crippen LogP contribution in [0.2, 0.25) is 0 Å². The molecule has 0 unspecified atom stereocenters. The molecule has 0 spiro atoms. The molecule has 1 aromatic heterocycles. The number of amides is 1. The van der Waals surface area contributed by atoms with Gasteiger partial charge >= 0.3 is 5.97 Å². The predicted molar refractivity (Wildman–Crippen MR) is 116 cm³/mol. The number of anilines is 1. The van der Waals surface area contributed by atoms with Gasteiger partial charge in [-0.3, -0.25) is 19.3 Å². The maximum atomic E-state index is 12.5. The van der Waals surface area contributed by atoms with Crippen LogP contribution in [0.4, 0.5) is 5.82 Å². The fourth-order valence-electron chi connectivity index (χ4n) is 3.35. The molecule has 160 valence electrons. The number of benzene rings is 1. The summed E-state index contributed by atoms with van der Waals surface area (Å²) in [5, 5.41) is 6.86. The lowest BCUT2D eigenvalue weighted by Gasteiger charge is -2.33. The first kappa shape index (κ1) is 21.7. The van der Waals surface area contributed by atoms with E-state index in [1.165, 1.54) is 16.4 Å². The fourth-order valence-corrected chi connectivity index (χ4v) is 3.35. The molecule has 8 nitrogen and oxygen atoms in total. The standard InChI is InChI=1S/C22H29N5O3/c1-3-30-22(29)19-16-23-25(2)21(19)24-20(28)17-27-14-12-26(13-15-27)11-7-10-18-8-5-4-6-9-18/h4-10,16H,3,11-15,17H2,1-2H3,(H,24,28)/b10-7+. The Hall–Kier alpha value is -2.97. The Morgan fingerprint density at radius 3 is 2.53 bits per heavy atom. The predicted octanol–water partition coefficient (Wildman–Crippen LogP) is 1.87. The number of hydrogen-bond acceptors (Lipinski definition) is 6. The second-order valence-corrected chi connectivity index (χ2v) is 7.19. The van der Waals surface area contributed by atoms with Crippen LogP contribution in [-0.4, -0.2) is 77.3 Å². The fraction of sp³-hybridized carbons (Fsp3) is 0.409. The largest absolute Gasteiger partial charge is 0.462 e. The highest BCUT2D eigenvalue weighted by Gasteiger charge is 2.22. The van der Waals surface area contributed by atoms with Gasteiger partial charge in [0.25, 0.3) is 0 Å². The van der Waals surface area contributed by atoms with Gasteiger partial charge in [-0.15, -0.1) is 0 Å². The van der Waals surface area contributed by atoms with Crippen LogP contribution in [0.3, 0.4) is 0 Å². The smallest absolute Gasteiger partial charge is 0.343 e. The number of esters is 1. The number of nitrogens with one attached hydrogen (secondary N) is 1. The molecule has 1 N–H and O–H groups in total. The van der Waals surface area contributed by atoms with Crippen molar-refractivity contribution in [2.75, 3.05) is 51.2 Å². The van der Waals surface area contributed by atoms with Crippen LogP contribution in [0.15, 0.2) is 42.6 Å². The first-order valence-electron chi connectivity index (χ1n) is 10.2. The average molecular weight is 412 g/mol. The number of aromatic nitrogens is 2. The van der Waals surface area contributed by atoms with Gasteiger partial charge < -0.3 is 10.1 Å². The summed E-state index contributed by atoms with van der Waals surface area (Å²) in [4.78, 5) is 29.0. The van der Waals surface area contributed by atoms with Gasteiger partial charge in [-0.1, -0.05) is 42.5 Å². The number of nitrogens with zero attached hydrogens (tertiary/aromatic N) is 4. The highest BCUT2D eigenvalue weighted by atomic mass is 16.5. The second-order valence-electron chi connectivity index (χ2n) is 7.19. The summed E-state index contributed by atoms with van der Waals surface area (Å²) in [6, 6.07) is 10.2. The molecule has 1 aliphatic rings. The molecule has 30 heavy (non-hydrogen) atoms. The van der Waals surface area contributed by atoms with Crippen LogP contribution < -0.4 is 5.32 Å². The monoisotopic (exact) mass is 411 g/mol. The van der Waals surface area contributed by atoms with Crippen molar-refractivity contribution >= 4 is 23.8 Å². The van der Waals surface area contributed by atoms with Gasteiger partial charge in [-0.2, -0.15) is 5.10 Å². The van der Waals surface area contributed by atoms with Crippen molar-refractivity contribution in [2.24, 2.45) is 7.05 Å². The van der Waals surface area contributed by atoms with E-state index >= 15 is 0 Å². The number of piperazine rings is 1. The van der Waals surface area contributed by atoms with Gasteiger partial charge in [0, 0.05) is 39.8 Å². The van der Waals surface area contributed by atoms with E-state index in [1.807, 2.05) is 18.2 Å². The van der Waals surface area contributed by atoms with E-state index in [2.05, 4.69) is 44.5 Å². The zero-order valence-electron chi connectivity index (χ0n) is 17.6. The Morgan fingerprint density at radius 2 is 1.83 bits per heavy atom. The first-order chi connectivity index (χ1) is 14.6. The Labute approximate surface area is 177 Å². The van der Waals surface area contributed by atoms with Crippen molar-refractivity contribution in [1.29, 1.82) is 0 Å². The van der Waals surface area contributed by atoms with Gasteiger partial charge in [0.15, 0.2) is 0 Å². The van der Waals surface area contributed by atoms with Crippen molar-refractivity contribution in [2.45, 2.75) is 6.92 Å². The van der Waals surface area contributed by atoms with Crippen LogP contribution in [0.5, 0.6) is 0 Å². The molecule has 1 amide bonds. The third-order valence-electron chi connectivity index (χ3n) is 5.00. The Kier molecular flexibility index (Phi) is 7.75. The molecule has 0 aliphatic carbocycles.